The Morgan fingerprint density at radius 1 is 1.36 bits per heavy atom. The van der Waals surface area contributed by atoms with Gasteiger partial charge in [-0.1, -0.05) is 0 Å². The third-order valence-corrected chi connectivity index (χ3v) is 2.44. The molecular formula is C8H14N2O. The topological polar surface area (TPSA) is 23.6 Å². The number of amides is 1. The number of rotatable bonds is 1. The van der Waals surface area contributed by atoms with Crippen LogP contribution in [0.25, 0.3) is 0 Å². The lowest BCUT2D eigenvalue weighted by atomic mass is 10.3. The largest absolute Gasteiger partial charge is 0.337 e. The average molecular weight is 154 g/mol. The van der Waals surface area contributed by atoms with Gasteiger partial charge in [-0.15, -0.1) is 0 Å². The monoisotopic (exact) mass is 154 g/mol. The molecule has 2 aliphatic rings. The lowest BCUT2D eigenvalue weighted by Gasteiger charge is -2.32. The first-order chi connectivity index (χ1) is 5.27. The van der Waals surface area contributed by atoms with E-state index in [9.17, 15) is 4.79 Å². The number of hydrogen-bond donors (Lipinski definition) is 0. The minimum Gasteiger partial charge on any atom is -0.337 e. The van der Waals surface area contributed by atoms with E-state index in [1.54, 1.807) is 0 Å². The number of likely N-dealkylation sites (N-methyl/N-ethyl adjacent to an activating group) is 1. The fraction of sp³-hybridized carbons (Fsp3) is 0.875. The van der Waals surface area contributed by atoms with Crippen LogP contribution in [0.15, 0.2) is 0 Å². The van der Waals surface area contributed by atoms with Gasteiger partial charge in [0.15, 0.2) is 0 Å². The van der Waals surface area contributed by atoms with Gasteiger partial charge in [0.2, 0.25) is 5.91 Å². The second-order valence-corrected chi connectivity index (χ2v) is 3.56. The summed E-state index contributed by atoms with van der Waals surface area (Å²) in [5, 5.41) is 0. The van der Waals surface area contributed by atoms with E-state index in [0.717, 1.165) is 13.1 Å². The fourth-order valence-corrected chi connectivity index (χ4v) is 1.58. The Balaban J connectivity index is 1.95. The van der Waals surface area contributed by atoms with Crippen LogP contribution in [0, 0.1) is 0 Å². The summed E-state index contributed by atoms with van der Waals surface area (Å²) in [6.07, 6.45) is 2.46. The first kappa shape index (κ1) is 7.10. The van der Waals surface area contributed by atoms with Crippen molar-refractivity contribution in [1.29, 1.82) is 0 Å². The zero-order valence-electron chi connectivity index (χ0n) is 6.92. The van der Waals surface area contributed by atoms with Crippen molar-refractivity contribution in [1.82, 2.24) is 9.80 Å². The van der Waals surface area contributed by atoms with Gasteiger partial charge in [-0.3, -0.25) is 9.69 Å². The second kappa shape index (κ2) is 2.48. The predicted octanol–water partition coefficient (Wildman–Crippen LogP) is -0.0772. The van der Waals surface area contributed by atoms with Crippen LogP contribution < -0.4 is 0 Å². The summed E-state index contributed by atoms with van der Waals surface area (Å²) in [6.45, 7) is 2.61. The molecule has 0 radical (unpaired) electrons. The lowest BCUT2D eigenvalue weighted by molar-refractivity contribution is -0.135. The van der Waals surface area contributed by atoms with Crippen molar-refractivity contribution in [3.8, 4) is 0 Å². The molecule has 3 nitrogen and oxygen atoms in total. The van der Waals surface area contributed by atoms with Gasteiger partial charge in [0.1, 0.15) is 0 Å². The van der Waals surface area contributed by atoms with Crippen LogP contribution >= 0.6 is 0 Å². The van der Waals surface area contributed by atoms with Gasteiger partial charge in [-0.05, 0) is 19.9 Å². The molecule has 1 aliphatic carbocycles. The van der Waals surface area contributed by atoms with Crippen molar-refractivity contribution in [3.05, 3.63) is 0 Å². The second-order valence-electron chi connectivity index (χ2n) is 3.56. The van der Waals surface area contributed by atoms with E-state index in [-0.39, 0.29) is 0 Å². The molecule has 2 fully saturated rings. The first-order valence-corrected chi connectivity index (χ1v) is 4.25. The van der Waals surface area contributed by atoms with E-state index in [0.29, 0.717) is 18.5 Å². The van der Waals surface area contributed by atoms with Crippen LogP contribution in [0.3, 0.4) is 0 Å². The van der Waals surface area contributed by atoms with E-state index in [4.69, 9.17) is 0 Å². The highest BCUT2D eigenvalue weighted by molar-refractivity contribution is 5.79. The number of carbonyl (C=O) groups is 1. The molecule has 0 bridgehead atoms. The summed E-state index contributed by atoms with van der Waals surface area (Å²) in [4.78, 5) is 15.5. The van der Waals surface area contributed by atoms with Gasteiger partial charge in [0.05, 0.1) is 6.54 Å². The van der Waals surface area contributed by atoms with Gasteiger partial charge in [-0.2, -0.15) is 0 Å². The SMILES string of the molecule is CN1CCN(C2CC2)C(=O)C1. The van der Waals surface area contributed by atoms with Crippen molar-refractivity contribution < 1.29 is 4.79 Å². The molecule has 2 rings (SSSR count). The Morgan fingerprint density at radius 3 is 2.64 bits per heavy atom. The van der Waals surface area contributed by atoms with Crippen molar-refractivity contribution in [2.75, 3.05) is 26.7 Å². The Hall–Kier alpha value is -0.570. The molecule has 1 heterocycles. The summed E-state index contributed by atoms with van der Waals surface area (Å²) in [7, 11) is 2.00. The molecule has 0 N–H and O–H groups in total. The van der Waals surface area contributed by atoms with Crippen LogP contribution in [-0.2, 0) is 4.79 Å². The van der Waals surface area contributed by atoms with Crippen LogP contribution in [0.4, 0.5) is 0 Å². The van der Waals surface area contributed by atoms with Gasteiger partial charge in [0, 0.05) is 19.1 Å². The smallest absolute Gasteiger partial charge is 0.237 e. The summed E-state index contributed by atoms with van der Waals surface area (Å²) in [5.74, 6) is 0.321. The molecule has 11 heavy (non-hydrogen) atoms. The van der Waals surface area contributed by atoms with Crippen LogP contribution in [0.2, 0.25) is 0 Å². The molecule has 1 amide bonds. The first-order valence-electron chi connectivity index (χ1n) is 4.25. The quantitative estimate of drug-likeness (QED) is 0.527. The highest BCUT2D eigenvalue weighted by Gasteiger charge is 2.34. The number of hydrogen-bond acceptors (Lipinski definition) is 2. The maximum absolute atomic E-state index is 11.4. The summed E-state index contributed by atoms with van der Waals surface area (Å²) < 4.78 is 0. The highest BCUT2D eigenvalue weighted by atomic mass is 16.2. The van der Waals surface area contributed by atoms with Gasteiger partial charge < -0.3 is 4.90 Å². The van der Waals surface area contributed by atoms with E-state index in [2.05, 4.69) is 4.90 Å². The minimum atomic E-state index is 0.321. The van der Waals surface area contributed by atoms with Crippen LogP contribution in [0.1, 0.15) is 12.8 Å². The molecule has 0 spiro atoms. The zero-order chi connectivity index (χ0) is 7.84. The van der Waals surface area contributed by atoms with Gasteiger partial charge >= 0.3 is 0 Å². The van der Waals surface area contributed by atoms with Crippen molar-refractivity contribution in [3.63, 3.8) is 0 Å². The Kier molecular flexibility index (Phi) is 1.60. The molecule has 62 valence electrons. The molecule has 0 aromatic rings. The molecular weight excluding hydrogens is 140 g/mol. The van der Waals surface area contributed by atoms with E-state index < -0.39 is 0 Å². The molecule has 0 unspecified atom stereocenters. The molecule has 0 aromatic carbocycles. The lowest BCUT2D eigenvalue weighted by Crippen LogP contribution is -2.49. The van der Waals surface area contributed by atoms with Gasteiger partial charge in [0.25, 0.3) is 0 Å². The molecule has 1 saturated carbocycles. The summed E-state index contributed by atoms with van der Waals surface area (Å²) in [5.41, 5.74) is 0. The standard InChI is InChI=1S/C8H14N2O/c1-9-4-5-10(7-2-3-7)8(11)6-9/h7H,2-6H2,1H3. The van der Waals surface area contributed by atoms with Crippen molar-refractivity contribution >= 4 is 5.91 Å². The Morgan fingerprint density at radius 2 is 2.09 bits per heavy atom. The molecule has 1 saturated heterocycles. The summed E-state index contributed by atoms with van der Waals surface area (Å²) >= 11 is 0. The third-order valence-electron chi connectivity index (χ3n) is 2.44. The van der Waals surface area contributed by atoms with Crippen molar-refractivity contribution in [2.24, 2.45) is 0 Å². The predicted molar refractivity (Wildman–Crippen MR) is 42.2 cm³/mol. The zero-order valence-corrected chi connectivity index (χ0v) is 6.92. The van der Waals surface area contributed by atoms with Crippen LogP contribution in [0.5, 0.6) is 0 Å². The number of nitrogens with zero attached hydrogens (tertiary/aromatic N) is 2. The Labute approximate surface area is 67.0 Å². The third kappa shape index (κ3) is 1.38. The summed E-state index contributed by atoms with van der Waals surface area (Å²) in [6, 6.07) is 0.608. The van der Waals surface area contributed by atoms with E-state index in [1.807, 2.05) is 11.9 Å². The number of piperazine rings is 1. The molecule has 0 aromatic heterocycles. The fourth-order valence-electron chi connectivity index (χ4n) is 1.58. The maximum Gasteiger partial charge on any atom is 0.237 e. The van der Waals surface area contributed by atoms with Crippen molar-refractivity contribution in [2.45, 2.75) is 18.9 Å². The normalized spacial score (nSPS) is 27.7. The van der Waals surface area contributed by atoms with Gasteiger partial charge in [-0.25, -0.2) is 0 Å². The molecule has 0 atom stereocenters. The Bertz CT molecular complexity index is 177. The van der Waals surface area contributed by atoms with Crippen LogP contribution in [-0.4, -0.2) is 48.4 Å². The number of carbonyl (C=O) groups excluding carboxylic acids is 1. The average Bonchev–Trinajstić information content (AvgIpc) is 2.70. The maximum atomic E-state index is 11.4. The van der Waals surface area contributed by atoms with E-state index >= 15 is 0 Å². The molecule has 1 aliphatic heterocycles. The minimum absolute atomic E-state index is 0.321. The highest BCUT2D eigenvalue weighted by Crippen LogP contribution is 2.27. The molecule has 3 heteroatoms. The van der Waals surface area contributed by atoms with E-state index in [1.165, 1.54) is 12.8 Å².